The minimum absolute atomic E-state index is 0.0955. The van der Waals surface area contributed by atoms with E-state index in [1.807, 2.05) is 6.92 Å². The maximum Gasteiger partial charge on any atom is 0.398 e. The summed E-state index contributed by atoms with van der Waals surface area (Å²) in [5, 5.41) is 3.11. The third-order valence-electron chi connectivity index (χ3n) is 3.20. The molecule has 1 saturated carbocycles. The summed E-state index contributed by atoms with van der Waals surface area (Å²) in [6.45, 7) is 4.20. The van der Waals surface area contributed by atoms with Crippen molar-refractivity contribution in [3.8, 4) is 0 Å². The highest BCUT2D eigenvalue weighted by molar-refractivity contribution is 7.99. The summed E-state index contributed by atoms with van der Waals surface area (Å²) in [6, 6.07) is 2.65. The van der Waals surface area contributed by atoms with Crippen molar-refractivity contribution in [2.45, 2.75) is 37.8 Å². The van der Waals surface area contributed by atoms with Crippen LogP contribution in [-0.4, -0.2) is 24.3 Å². The van der Waals surface area contributed by atoms with E-state index in [1.54, 1.807) is 6.92 Å². The Morgan fingerprint density at radius 2 is 2.05 bits per heavy atom. The standard InChI is InChI=1S/C15H18F4N2S/c1-3-20-14(10-4-5-10)21-12-7-13(9(2)6-11(12)16)22-8-15(17,18)19/h6-7,10H,3-5,8H2,1-2H3,(H,20,21). The number of aliphatic imine (C=N–C) groups is 1. The molecule has 1 aromatic rings. The lowest BCUT2D eigenvalue weighted by atomic mass is 10.2. The Bertz CT molecular complexity index is 565. The second-order valence-electron chi connectivity index (χ2n) is 5.27. The number of nitrogens with one attached hydrogen (secondary N) is 1. The molecule has 22 heavy (non-hydrogen) atoms. The molecule has 0 heterocycles. The number of amidine groups is 1. The molecule has 1 fully saturated rings. The highest BCUT2D eigenvalue weighted by Gasteiger charge is 2.29. The molecule has 7 heteroatoms. The number of nitrogens with zero attached hydrogens (tertiary/aromatic N) is 1. The predicted octanol–water partition coefficient (Wildman–Crippen LogP) is 4.84. The van der Waals surface area contributed by atoms with Gasteiger partial charge in [0.2, 0.25) is 0 Å². The van der Waals surface area contributed by atoms with Gasteiger partial charge >= 0.3 is 6.18 Å². The zero-order valence-corrected chi connectivity index (χ0v) is 13.2. The molecule has 2 rings (SSSR count). The average molecular weight is 334 g/mol. The number of aryl methyl sites for hydroxylation is 1. The highest BCUT2D eigenvalue weighted by atomic mass is 32.2. The highest BCUT2D eigenvalue weighted by Crippen LogP contribution is 2.35. The summed E-state index contributed by atoms with van der Waals surface area (Å²) in [4.78, 5) is 4.70. The third-order valence-corrected chi connectivity index (χ3v) is 4.42. The van der Waals surface area contributed by atoms with Crippen molar-refractivity contribution < 1.29 is 17.6 Å². The average Bonchev–Trinajstić information content (AvgIpc) is 3.23. The topological polar surface area (TPSA) is 24.4 Å². The van der Waals surface area contributed by atoms with Gasteiger partial charge in [-0.3, -0.25) is 0 Å². The molecule has 0 unspecified atom stereocenters. The third kappa shape index (κ3) is 4.90. The van der Waals surface area contributed by atoms with Crippen LogP contribution in [0.1, 0.15) is 25.3 Å². The van der Waals surface area contributed by atoms with Crippen molar-refractivity contribution in [3.63, 3.8) is 0 Å². The SMILES string of the molecule is CCN/C(=N\c1cc(SCC(F)(F)F)c(C)cc1F)C1CC1. The summed E-state index contributed by atoms with van der Waals surface area (Å²) in [6.07, 6.45) is -2.23. The number of rotatable bonds is 5. The molecule has 0 radical (unpaired) electrons. The van der Waals surface area contributed by atoms with Gasteiger partial charge in [0.15, 0.2) is 0 Å². The van der Waals surface area contributed by atoms with Crippen LogP contribution in [0, 0.1) is 18.7 Å². The quantitative estimate of drug-likeness (QED) is 0.361. The summed E-state index contributed by atoms with van der Waals surface area (Å²) in [5.41, 5.74) is 0.584. The Labute approximate surface area is 131 Å². The number of alkyl halides is 3. The molecule has 0 amide bonds. The molecule has 0 spiro atoms. The molecular formula is C15H18F4N2S. The van der Waals surface area contributed by atoms with E-state index in [0.29, 0.717) is 34.7 Å². The van der Waals surface area contributed by atoms with E-state index in [0.717, 1.165) is 18.7 Å². The summed E-state index contributed by atoms with van der Waals surface area (Å²) < 4.78 is 51.1. The van der Waals surface area contributed by atoms with Crippen LogP contribution in [0.25, 0.3) is 0 Å². The van der Waals surface area contributed by atoms with Gasteiger partial charge in [0.1, 0.15) is 17.3 Å². The zero-order chi connectivity index (χ0) is 16.3. The van der Waals surface area contributed by atoms with Gasteiger partial charge in [0, 0.05) is 17.4 Å². The molecule has 0 saturated heterocycles. The Hall–Kier alpha value is -1.24. The van der Waals surface area contributed by atoms with Crippen LogP contribution >= 0.6 is 11.8 Å². The first kappa shape index (κ1) is 17.1. The summed E-state index contributed by atoms with van der Waals surface area (Å²) in [5.74, 6) is -0.473. The van der Waals surface area contributed by atoms with Gasteiger partial charge in [-0.25, -0.2) is 9.38 Å². The molecule has 1 aromatic carbocycles. The number of benzene rings is 1. The molecule has 0 aliphatic heterocycles. The summed E-state index contributed by atoms with van der Waals surface area (Å²) >= 11 is 0.660. The first-order valence-corrected chi connectivity index (χ1v) is 8.11. The molecule has 1 aliphatic rings. The molecule has 2 nitrogen and oxygen atoms in total. The fourth-order valence-corrected chi connectivity index (χ4v) is 2.79. The Morgan fingerprint density at radius 3 is 2.59 bits per heavy atom. The number of hydrogen-bond acceptors (Lipinski definition) is 2. The Morgan fingerprint density at radius 1 is 1.36 bits per heavy atom. The van der Waals surface area contributed by atoms with Crippen molar-refractivity contribution in [1.82, 2.24) is 5.32 Å². The van der Waals surface area contributed by atoms with Gasteiger partial charge in [0.25, 0.3) is 0 Å². The van der Waals surface area contributed by atoms with E-state index >= 15 is 0 Å². The van der Waals surface area contributed by atoms with Crippen molar-refractivity contribution in [2.75, 3.05) is 12.3 Å². The minimum atomic E-state index is -4.25. The van der Waals surface area contributed by atoms with E-state index in [1.165, 1.54) is 12.1 Å². The van der Waals surface area contributed by atoms with Crippen LogP contribution in [0.3, 0.4) is 0 Å². The van der Waals surface area contributed by atoms with Crippen LogP contribution in [0.15, 0.2) is 22.0 Å². The zero-order valence-electron chi connectivity index (χ0n) is 12.4. The van der Waals surface area contributed by atoms with E-state index in [2.05, 4.69) is 10.3 Å². The largest absolute Gasteiger partial charge is 0.398 e. The lowest BCUT2D eigenvalue weighted by Gasteiger charge is -2.11. The normalized spacial score (nSPS) is 16.0. The Kier molecular flexibility index (Phi) is 5.36. The van der Waals surface area contributed by atoms with E-state index in [9.17, 15) is 17.6 Å². The van der Waals surface area contributed by atoms with Gasteiger partial charge in [-0.1, -0.05) is 0 Å². The lowest BCUT2D eigenvalue weighted by molar-refractivity contribution is -0.105. The van der Waals surface area contributed by atoms with E-state index in [4.69, 9.17) is 0 Å². The molecule has 0 atom stereocenters. The van der Waals surface area contributed by atoms with Crippen LogP contribution < -0.4 is 5.32 Å². The smallest absolute Gasteiger partial charge is 0.374 e. The summed E-state index contributed by atoms with van der Waals surface area (Å²) in [7, 11) is 0. The molecule has 1 aliphatic carbocycles. The van der Waals surface area contributed by atoms with Gasteiger partial charge in [-0.05, 0) is 44.4 Å². The van der Waals surface area contributed by atoms with Gasteiger partial charge in [-0.2, -0.15) is 13.2 Å². The molecule has 0 bridgehead atoms. The van der Waals surface area contributed by atoms with Gasteiger partial charge in [-0.15, -0.1) is 11.8 Å². The molecule has 0 aromatic heterocycles. The second-order valence-corrected chi connectivity index (χ2v) is 6.29. The lowest BCUT2D eigenvalue weighted by Crippen LogP contribution is -2.24. The van der Waals surface area contributed by atoms with Crippen molar-refractivity contribution in [2.24, 2.45) is 10.9 Å². The van der Waals surface area contributed by atoms with E-state index < -0.39 is 17.7 Å². The molecular weight excluding hydrogens is 316 g/mol. The van der Waals surface area contributed by atoms with Crippen molar-refractivity contribution in [1.29, 1.82) is 0 Å². The van der Waals surface area contributed by atoms with Crippen LogP contribution in [0.4, 0.5) is 23.2 Å². The van der Waals surface area contributed by atoms with Crippen LogP contribution in [0.5, 0.6) is 0 Å². The van der Waals surface area contributed by atoms with Crippen LogP contribution in [0.2, 0.25) is 0 Å². The Balaban J connectivity index is 2.25. The maximum atomic E-state index is 14.0. The van der Waals surface area contributed by atoms with Gasteiger partial charge in [0.05, 0.1) is 5.75 Å². The van der Waals surface area contributed by atoms with Crippen molar-refractivity contribution >= 4 is 23.3 Å². The predicted molar refractivity (Wildman–Crippen MR) is 81.4 cm³/mol. The molecule has 1 N–H and O–H groups in total. The minimum Gasteiger partial charge on any atom is -0.374 e. The first-order valence-electron chi connectivity index (χ1n) is 7.12. The maximum absolute atomic E-state index is 14.0. The first-order chi connectivity index (χ1) is 10.3. The number of thioether (sulfide) groups is 1. The second kappa shape index (κ2) is 6.89. The molecule has 122 valence electrons. The number of hydrogen-bond donors (Lipinski definition) is 1. The fourth-order valence-electron chi connectivity index (χ4n) is 1.99. The van der Waals surface area contributed by atoms with Crippen LogP contribution in [-0.2, 0) is 0 Å². The monoisotopic (exact) mass is 334 g/mol. The van der Waals surface area contributed by atoms with Crippen molar-refractivity contribution in [3.05, 3.63) is 23.5 Å². The van der Waals surface area contributed by atoms with Gasteiger partial charge < -0.3 is 5.32 Å². The number of halogens is 4. The fraction of sp³-hybridized carbons (Fsp3) is 0.533. The van der Waals surface area contributed by atoms with E-state index in [-0.39, 0.29) is 5.69 Å².